The number of hydrogen-bond donors (Lipinski definition) is 1. The summed E-state index contributed by atoms with van der Waals surface area (Å²) >= 11 is 0. The van der Waals surface area contributed by atoms with E-state index in [2.05, 4.69) is 11.9 Å². The van der Waals surface area contributed by atoms with Gasteiger partial charge in [-0.1, -0.05) is 24.8 Å². The lowest BCUT2D eigenvalue weighted by molar-refractivity contribution is 0.0951. The van der Waals surface area contributed by atoms with Gasteiger partial charge in [-0.3, -0.25) is 4.79 Å². The molecule has 6 heteroatoms. The molecule has 0 radical (unpaired) electrons. The van der Waals surface area contributed by atoms with E-state index in [0.29, 0.717) is 43.2 Å². The fraction of sp³-hybridized carbons (Fsp3) is 0.250. The average molecular weight is 359 g/mol. The molecule has 5 nitrogen and oxygen atoms in total. The van der Waals surface area contributed by atoms with Crippen LogP contribution in [0.2, 0.25) is 0 Å². The van der Waals surface area contributed by atoms with E-state index < -0.39 is 5.82 Å². The zero-order valence-electron chi connectivity index (χ0n) is 14.7. The monoisotopic (exact) mass is 359 g/mol. The van der Waals surface area contributed by atoms with Gasteiger partial charge < -0.3 is 19.5 Å². The van der Waals surface area contributed by atoms with Crippen molar-refractivity contribution in [2.75, 3.05) is 26.9 Å². The van der Waals surface area contributed by atoms with Crippen molar-refractivity contribution in [1.29, 1.82) is 0 Å². The third-order valence-electron chi connectivity index (χ3n) is 3.48. The molecule has 0 aromatic heterocycles. The summed E-state index contributed by atoms with van der Waals surface area (Å²) in [4.78, 5) is 12.2. The van der Waals surface area contributed by atoms with Gasteiger partial charge in [-0.2, -0.15) is 0 Å². The number of hydrogen-bond acceptors (Lipinski definition) is 4. The molecule has 0 fully saturated rings. The first-order valence-electron chi connectivity index (χ1n) is 8.23. The summed E-state index contributed by atoms with van der Waals surface area (Å²) in [6, 6.07) is 11.2. The SMILES string of the molecule is C=CCOc1ccc(C(=O)NCCCOc2ccccc2F)cc1OC. The van der Waals surface area contributed by atoms with Crippen LogP contribution >= 0.6 is 0 Å². The molecule has 2 rings (SSSR count). The molecule has 1 N–H and O–H groups in total. The Kier molecular flexibility index (Phi) is 7.49. The van der Waals surface area contributed by atoms with Gasteiger partial charge in [-0.05, 0) is 36.8 Å². The zero-order valence-corrected chi connectivity index (χ0v) is 14.7. The lowest BCUT2D eigenvalue weighted by Gasteiger charge is -2.11. The first-order valence-corrected chi connectivity index (χ1v) is 8.23. The molecule has 138 valence electrons. The highest BCUT2D eigenvalue weighted by atomic mass is 19.1. The van der Waals surface area contributed by atoms with Crippen molar-refractivity contribution < 1.29 is 23.4 Å². The smallest absolute Gasteiger partial charge is 0.251 e. The maximum atomic E-state index is 13.4. The highest BCUT2D eigenvalue weighted by molar-refractivity contribution is 5.94. The Morgan fingerprint density at radius 2 is 1.96 bits per heavy atom. The normalized spacial score (nSPS) is 10.1. The van der Waals surface area contributed by atoms with Gasteiger partial charge in [0.05, 0.1) is 13.7 Å². The summed E-state index contributed by atoms with van der Waals surface area (Å²) in [6.45, 7) is 4.65. The van der Waals surface area contributed by atoms with Gasteiger partial charge in [0.15, 0.2) is 23.1 Å². The fourth-order valence-corrected chi connectivity index (χ4v) is 2.20. The van der Waals surface area contributed by atoms with E-state index in [-0.39, 0.29) is 11.7 Å². The number of amides is 1. The molecule has 0 spiro atoms. The number of carbonyl (C=O) groups is 1. The molecule has 0 aliphatic carbocycles. The second-order valence-electron chi connectivity index (χ2n) is 5.35. The van der Waals surface area contributed by atoms with Crippen molar-refractivity contribution in [3.05, 3.63) is 66.5 Å². The molecule has 26 heavy (non-hydrogen) atoms. The molecule has 0 atom stereocenters. The van der Waals surface area contributed by atoms with E-state index in [4.69, 9.17) is 14.2 Å². The van der Waals surface area contributed by atoms with Crippen molar-refractivity contribution in [2.45, 2.75) is 6.42 Å². The predicted octanol–water partition coefficient (Wildman–Crippen LogP) is 3.60. The molecular weight excluding hydrogens is 337 g/mol. The second kappa shape index (κ2) is 10.1. The van der Waals surface area contributed by atoms with Crippen LogP contribution in [0, 0.1) is 5.82 Å². The standard InChI is InChI=1S/C20H22FNO4/c1-3-12-25-18-10-9-15(14-19(18)24-2)20(23)22-11-6-13-26-17-8-5-4-7-16(17)21/h3-5,7-10,14H,1,6,11-13H2,2H3,(H,22,23). The number of para-hydroxylation sites is 1. The molecule has 0 aliphatic heterocycles. The third kappa shape index (κ3) is 5.51. The Hall–Kier alpha value is -3.02. The topological polar surface area (TPSA) is 56.8 Å². The minimum Gasteiger partial charge on any atom is -0.493 e. The lowest BCUT2D eigenvalue weighted by Crippen LogP contribution is -2.25. The van der Waals surface area contributed by atoms with E-state index in [1.165, 1.54) is 13.2 Å². The van der Waals surface area contributed by atoms with Crippen molar-refractivity contribution in [2.24, 2.45) is 0 Å². The van der Waals surface area contributed by atoms with Gasteiger partial charge in [0.2, 0.25) is 0 Å². The van der Waals surface area contributed by atoms with Crippen LogP contribution in [-0.4, -0.2) is 32.8 Å². The summed E-state index contributed by atoms with van der Waals surface area (Å²) in [6.07, 6.45) is 2.18. The van der Waals surface area contributed by atoms with Gasteiger partial charge in [0.25, 0.3) is 5.91 Å². The maximum Gasteiger partial charge on any atom is 0.251 e. The lowest BCUT2D eigenvalue weighted by atomic mass is 10.2. The van der Waals surface area contributed by atoms with E-state index in [1.807, 2.05) is 0 Å². The summed E-state index contributed by atoms with van der Waals surface area (Å²) in [5.41, 5.74) is 0.461. The Bertz CT molecular complexity index is 748. The number of halogens is 1. The minimum absolute atomic E-state index is 0.207. The number of methoxy groups -OCH3 is 1. The van der Waals surface area contributed by atoms with E-state index in [9.17, 15) is 9.18 Å². The summed E-state index contributed by atoms with van der Waals surface area (Å²) in [7, 11) is 1.51. The zero-order chi connectivity index (χ0) is 18.8. The molecule has 0 saturated heterocycles. The molecular formula is C20H22FNO4. The van der Waals surface area contributed by atoms with Crippen LogP contribution in [-0.2, 0) is 0 Å². The van der Waals surface area contributed by atoms with Crippen LogP contribution in [0.3, 0.4) is 0 Å². The molecule has 2 aromatic rings. The van der Waals surface area contributed by atoms with Crippen LogP contribution in [0.15, 0.2) is 55.1 Å². The third-order valence-corrected chi connectivity index (χ3v) is 3.48. The number of benzene rings is 2. The number of ether oxygens (including phenoxy) is 3. The van der Waals surface area contributed by atoms with Gasteiger partial charge in [0.1, 0.15) is 6.61 Å². The molecule has 0 heterocycles. The molecule has 0 unspecified atom stereocenters. The van der Waals surface area contributed by atoms with Gasteiger partial charge >= 0.3 is 0 Å². The first kappa shape index (κ1) is 19.3. The van der Waals surface area contributed by atoms with Gasteiger partial charge in [-0.25, -0.2) is 4.39 Å². The van der Waals surface area contributed by atoms with Gasteiger partial charge in [0, 0.05) is 12.1 Å². The van der Waals surface area contributed by atoms with Crippen molar-refractivity contribution in [3.8, 4) is 17.2 Å². The average Bonchev–Trinajstić information content (AvgIpc) is 2.67. The molecule has 0 bridgehead atoms. The Balaban J connectivity index is 1.80. The Morgan fingerprint density at radius 1 is 1.15 bits per heavy atom. The van der Waals surface area contributed by atoms with Crippen molar-refractivity contribution in [1.82, 2.24) is 5.32 Å². The quantitative estimate of drug-likeness (QED) is 0.520. The summed E-state index contributed by atoms with van der Waals surface area (Å²) in [5.74, 6) is 0.593. The Morgan fingerprint density at radius 3 is 2.69 bits per heavy atom. The van der Waals surface area contributed by atoms with Crippen LogP contribution < -0.4 is 19.5 Å². The van der Waals surface area contributed by atoms with E-state index in [1.54, 1.807) is 42.5 Å². The largest absolute Gasteiger partial charge is 0.493 e. The molecule has 0 aliphatic rings. The van der Waals surface area contributed by atoms with E-state index >= 15 is 0 Å². The van der Waals surface area contributed by atoms with Crippen molar-refractivity contribution >= 4 is 5.91 Å². The number of nitrogens with one attached hydrogen (secondary N) is 1. The fourth-order valence-electron chi connectivity index (χ4n) is 2.20. The first-order chi connectivity index (χ1) is 12.7. The predicted molar refractivity (Wildman–Crippen MR) is 97.5 cm³/mol. The summed E-state index contributed by atoms with van der Waals surface area (Å²) < 4.78 is 29.4. The van der Waals surface area contributed by atoms with Crippen LogP contribution in [0.5, 0.6) is 17.2 Å². The van der Waals surface area contributed by atoms with Crippen LogP contribution in [0.4, 0.5) is 4.39 Å². The number of rotatable bonds is 10. The van der Waals surface area contributed by atoms with Gasteiger partial charge in [-0.15, -0.1) is 0 Å². The van der Waals surface area contributed by atoms with Crippen LogP contribution in [0.25, 0.3) is 0 Å². The molecule has 0 saturated carbocycles. The highest BCUT2D eigenvalue weighted by Gasteiger charge is 2.11. The molecule has 2 aromatic carbocycles. The maximum absolute atomic E-state index is 13.4. The minimum atomic E-state index is -0.401. The van der Waals surface area contributed by atoms with E-state index in [0.717, 1.165) is 0 Å². The highest BCUT2D eigenvalue weighted by Crippen LogP contribution is 2.28. The second-order valence-corrected chi connectivity index (χ2v) is 5.35. The summed E-state index contributed by atoms with van der Waals surface area (Å²) in [5, 5.41) is 2.79. The molecule has 1 amide bonds. The Labute approximate surface area is 152 Å². The number of carbonyl (C=O) groups excluding carboxylic acids is 1. The van der Waals surface area contributed by atoms with Crippen molar-refractivity contribution in [3.63, 3.8) is 0 Å². The van der Waals surface area contributed by atoms with Crippen LogP contribution in [0.1, 0.15) is 16.8 Å².